The van der Waals surface area contributed by atoms with Gasteiger partial charge in [0.1, 0.15) is 5.75 Å². The Balaban J connectivity index is 2.28. The Morgan fingerprint density at radius 3 is 2.32 bits per heavy atom. The van der Waals surface area contributed by atoms with Crippen molar-refractivity contribution in [3.05, 3.63) is 30.3 Å². The van der Waals surface area contributed by atoms with Crippen LogP contribution in [0, 0.1) is 11.8 Å². The highest BCUT2D eigenvalue weighted by Gasteiger charge is 2.17. The van der Waals surface area contributed by atoms with E-state index >= 15 is 0 Å². The van der Waals surface area contributed by atoms with Crippen LogP contribution in [0.2, 0.25) is 0 Å². The van der Waals surface area contributed by atoms with Crippen molar-refractivity contribution in [1.82, 2.24) is 0 Å². The van der Waals surface area contributed by atoms with Crippen LogP contribution in [0.1, 0.15) is 72.1 Å². The number of carbonyl (C=O) groups is 1. The second-order valence-corrected chi connectivity index (χ2v) is 8.11. The van der Waals surface area contributed by atoms with Gasteiger partial charge in [0, 0.05) is 5.75 Å². The van der Waals surface area contributed by atoms with Gasteiger partial charge < -0.3 is 4.74 Å². The molecule has 0 fully saturated rings. The molecule has 0 amide bonds. The lowest BCUT2D eigenvalue weighted by atomic mass is 9.97. The quantitative estimate of drug-likeness (QED) is 0.208. The van der Waals surface area contributed by atoms with E-state index in [-0.39, 0.29) is 11.9 Å². The molecule has 0 saturated carbocycles. The average Bonchev–Trinajstić information content (AvgIpc) is 2.63. The molecule has 2 unspecified atom stereocenters. The first-order chi connectivity index (χ1) is 12.2. The van der Waals surface area contributed by atoms with Crippen LogP contribution in [-0.4, -0.2) is 17.5 Å². The molecule has 0 spiro atoms. The zero-order valence-corrected chi connectivity index (χ0v) is 17.2. The van der Waals surface area contributed by atoms with Gasteiger partial charge in [0.2, 0.25) is 0 Å². The highest BCUT2D eigenvalue weighted by Crippen LogP contribution is 2.23. The summed E-state index contributed by atoms with van der Waals surface area (Å²) in [6.45, 7) is 6.50. The second-order valence-electron chi connectivity index (χ2n) is 7.03. The fourth-order valence-corrected chi connectivity index (χ4v) is 4.14. The predicted molar refractivity (Wildman–Crippen MR) is 110 cm³/mol. The van der Waals surface area contributed by atoms with Crippen molar-refractivity contribution in [3.63, 3.8) is 0 Å². The number of ether oxygens (including phenoxy) is 1. The number of unbranched alkanes of at least 4 members (excludes halogenated alkanes) is 4. The zero-order valence-electron chi connectivity index (χ0n) is 16.3. The number of hydrogen-bond acceptors (Lipinski definition) is 3. The summed E-state index contributed by atoms with van der Waals surface area (Å²) in [5.41, 5.74) is 0. The summed E-state index contributed by atoms with van der Waals surface area (Å²) < 4.78 is 5.44. The zero-order chi connectivity index (χ0) is 18.3. The van der Waals surface area contributed by atoms with Gasteiger partial charge in [0.15, 0.2) is 0 Å². The predicted octanol–water partition coefficient (Wildman–Crippen LogP) is 6.74. The lowest BCUT2D eigenvalue weighted by Crippen LogP contribution is -2.20. The highest BCUT2D eigenvalue weighted by molar-refractivity contribution is 7.99. The van der Waals surface area contributed by atoms with Gasteiger partial charge >= 0.3 is 5.97 Å². The van der Waals surface area contributed by atoms with Gasteiger partial charge in [-0.15, -0.1) is 0 Å². The molecule has 2 nitrogen and oxygen atoms in total. The van der Waals surface area contributed by atoms with Gasteiger partial charge in [0.05, 0.1) is 5.92 Å². The third-order valence-electron chi connectivity index (χ3n) is 4.52. The summed E-state index contributed by atoms with van der Waals surface area (Å²) >= 11 is 1.92. The van der Waals surface area contributed by atoms with Crippen molar-refractivity contribution in [2.45, 2.75) is 72.1 Å². The first-order valence-electron chi connectivity index (χ1n) is 10.0. The number of carbonyl (C=O) groups excluding carboxylic acids is 1. The number of hydrogen-bond donors (Lipinski definition) is 0. The summed E-state index contributed by atoms with van der Waals surface area (Å²) in [5.74, 6) is 3.29. The number of rotatable bonds is 14. The maximum atomic E-state index is 12.2. The molecule has 25 heavy (non-hydrogen) atoms. The number of para-hydroxylation sites is 1. The van der Waals surface area contributed by atoms with Crippen LogP contribution in [-0.2, 0) is 4.79 Å². The third-order valence-corrected chi connectivity index (χ3v) is 5.96. The van der Waals surface area contributed by atoms with E-state index in [9.17, 15) is 4.79 Å². The average molecular weight is 365 g/mol. The third kappa shape index (κ3) is 10.6. The van der Waals surface area contributed by atoms with Crippen LogP contribution >= 0.6 is 11.8 Å². The molecule has 1 rings (SSSR count). The molecule has 0 radical (unpaired) electrons. The number of thioether (sulfide) groups is 1. The summed E-state index contributed by atoms with van der Waals surface area (Å²) in [6, 6.07) is 9.36. The van der Waals surface area contributed by atoms with Crippen LogP contribution in [0.15, 0.2) is 30.3 Å². The van der Waals surface area contributed by atoms with E-state index in [1.807, 2.05) is 49.0 Å². The lowest BCUT2D eigenvalue weighted by Gasteiger charge is -2.17. The van der Waals surface area contributed by atoms with Crippen LogP contribution < -0.4 is 4.74 Å². The van der Waals surface area contributed by atoms with E-state index in [1.54, 1.807) is 0 Å². The van der Waals surface area contributed by atoms with Crippen molar-refractivity contribution >= 4 is 17.7 Å². The van der Waals surface area contributed by atoms with Gasteiger partial charge in [-0.25, -0.2) is 0 Å². The standard InChI is InChI=1S/C22H36O2S/c1-4-6-8-10-14-20(13-7-5-2)18-25-17-19(3)22(23)24-21-15-11-9-12-16-21/h9,11-12,15-16,19-20H,4-8,10,13-14,17-18H2,1-3H3. The van der Waals surface area contributed by atoms with Crippen molar-refractivity contribution in [1.29, 1.82) is 0 Å². The molecule has 0 bridgehead atoms. The molecule has 0 aromatic heterocycles. The van der Waals surface area contributed by atoms with E-state index in [0.29, 0.717) is 5.75 Å². The van der Waals surface area contributed by atoms with E-state index in [4.69, 9.17) is 4.74 Å². The minimum atomic E-state index is -0.119. The largest absolute Gasteiger partial charge is 0.426 e. The minimum absolute atomic E-state index is 0.0582. The van der Waals surface area contributed by atoms with Crippen LogP contribution in [0.5, 0.6) is 5.75 Å². The molecule has 0 aliphatic heterocycles. The van der Waals surface area contributed by atoms with Crippen molar-refractivity contribution in [2.75, 3.05) is 11.5 Å². The Kier molecular flexibility index (Phi) is 12.6. The summed E-state index contributed by atoms with van der Waals surface area (Å²) in [5, 5.41) is 0. The fourth-order valence-electron chi connectivity index (χ4n) is 2.85. The SMILES string of the molecule is CCCCCCC(CCCC)CSCC(C)C(=O)Oc1ccccc1. The van der Waals surface area contributed by atoms with Gasteiger partial charge in [-0.1, -0.05) is 77.5 Å². The Morgan fingerprint density at radius 2 is 1.64 bits per heavy atom. The molecular formula is C22H36O2S. The molecule has 0 heterocycles. The van der Waals surface area contributed by atoms with E-state index in [0.717, 1.165) is 11.7 Å². The molecule has 142 valence electrons. The normalized spacial score (nSPS) is 13.4. The molecule has 2 atom stereocenters. The van der Waals surface area contributed by atoms with Crippen LogP contribution in [0.4, 0.5) is 0 Å². The minimum Gasteiger partial charge on any atom is -0.426 e. The van der Waals surface area contributed by atoms with Gasteiger partial charge in [0.25, 0.3) is 0 Å². The maximum Gasteiger partial charge on any atom is 0.314 e. The van der Waals surface area contributed by atoms with Crippen LogP contribution in [0.3, 0.4) is 0 Å². The second kappa shape index (κ2) is 14.2. The molecule has 0 aliphatic rings. The molecule has 0 N–H and O–H groups in total. The highest BCUT2D eigenvalue weighted by atomic mass is 32.2. The molecule has 0 saturated heterocycles. The summed E-state index contributed by atoms with van der Waals surface area (Å²) in [7, 11) is 0. The Labute approximate surface area is 159 Å². The van der Waals surface area contributed by atoms with Crippen molar-refractivity contribution < 1.29 is 9.53 Å². The Hall–Kier alpha value is -0.960. The molecule has 0 aliphatic carbocycles. The number of esters is 1. The van der Waals surface area contributed by atoms with Gasteiger partial charge in [-0.2, -0.15) is 11.8 Å². The van der Waals surface area contributed by atoms with Crippen LogP contribution in [0.25, 0.3) is 0 Å². The lowest BCUT2D eigenvalue weighted by molar-refractivity contribution is -0.137. The van der Waals surface area contributed by atoms with Crippen molar-refractivity contribution in [3.8, 4) is 5.75 Å². The van der Waals surface area contributed by atoms with E-state index < -0.39 is 0 Å². The summed E-state index contributed by atoms with van der Waals surface area (Å²) in [6.07, 6.45) is 10.7. The van der Waals surface area contributed by atoms with Gasteiger partial charge in [-0.05, 0) is 36.6 Å². The molecular weight excluding hydrogens is 328 g/mol. The fraction of sp³-hybridized carbons (Fsp3) is 0.682. The molecule has 3 heteroatoms. The number of benzene rings is 1. The molecule has 1 aromatic rings. The monoisotopic (exact) mass is 364 g/mol. The topological polar surface area (TPSA) is 26.3 Å². The van der Waals surface area contributed by atoms with Gasteiger partial charge in [-0.3, -0.25) is 4.79 Å². The first-order valence-corrected chi connectivity index (χ1v) is 11.2. The molecule has 1 aromatic carbocycles. The summed E-state index contributed by atoms with van der Waals surface area (Å²) in [4.78, 5) is 12.2. The Morgan fingerprint density at radius 1 is 0.960 bits per heavy atom. The van der Waals surface area contributed by atoms with E-state index in [2.05, 4.69) is 13.8 Å². The Bertz CT molecular complexity index is 447. The van der Waals surface area contributed by atoms with Crippen molar-refractivity contribution in [2.24, 2.45) is 11.8 Å². The van der Waals surface area contributed by atoms with E-state index in [1.165, 1.54) is 57.1 Å². The first kappa shape index (κ1) is 22.1. The maximum absolute atomic E-state index is 12.2. The smallest absolute Gasteiger partial charge is 0.314 e.